The highest BCUT2D eigenvalue weighted by Crippen LogP contribution is 2.33. The highest BCUT2D eigenvalue weighted by atomic mass is 79.9. The minimum atomic E-state index is -0.365. The third kappa shape index (κ3) is 3.73. The number of hydrogen-bond acceptors (Lipinski definition) is 3. The minimum absolute atomic E-state index is 0.184. The molecule has 2 rings (SSSR count). The van der Waals surface area contributed by atoms with Crippen LogP contribution in [0.15, 0.2) is 34.8 Å². The van der Waals surface area contributed by atoms with Crippen LogP contribution < -0.4 is 10.5 Å². The van der Waals surface area contributed by atoms with E-state index in [1.54, 1.807) is 12.1 Å². The molecular weight excluding hydrogens is 365 g/mol. The maximum atomic E-state index is 13.5. The van der Waals surface area contributed by atoms with E-state index in [0.717, 1.165) is 11.3 Å². The zero-order valence-electron chi connectivity index (χ0n) is 10.8. The van der Waals surface area contributed by atoms with E-state index in [9.17, 15) is 4.39 Å². The van der Waals surface area contributed by atoms with Gasteiger partial charge in [0.2, 0.25) is 0 Å². The van der Waals surface area contributed by atoms with Crippen molar-refractivity contribution >= 4 is 38.9 Å². The van der Waals surface area contributed by atoms with Gasteiger partial charge in [-0.2, -0.15) is 0 Å². The van der Waals surface area contributed by atoms with Crippen LogP contribution >= 0.6 is 38.9 Å². The lowest BCUT2D eigenvalue weighted by atomic mass is 10.1. The number of hydrogen-bond donors (Lipinski definition) is 1. The molecule has 0 amide bonds. The number of nitrogens with two attached hydrogens (primary N) is 1. The number of ether oxygens (including phenoxy) is 1. The van der Waals surface area contributed by atoms with Gasteiger partial charge in [-0.1, -0.05) is 18.5 Å². The van der Waals surface area contributed by atoms with Crippen molar-refractivity contribution in [2.75, 3.05) is 0 Å². The summed E-state index contributed by atoms with van der Waals surface area (Å²) in [6.45, 7) is 1.98. The highest BCUT2D eigenvalue weighted by Gasteiger charge is 2.22. The molecule has 2 aromatic rings. The Morgan fingerprint density at radius 1 is 1.40 bits per heavy atom. The summed E-state index contributed by atoms with van der Waals surface area (Å²) in [5.74, 6) is 0.0830. The number of halogens is 3. The number of benzene rings is 1. The van der Waals surface area contributed by atoms with Crippen molar-refractivity contribution in [3.63, 3.8) is 0 Å². The fraction of sp³-hybridized carbons (Fsp3) is 0.286. The van der Waals surface area contributed by atoms with Crippen LogP contribution in [-0.4, -0.2) is 6.04 Å². The molecule has 6 heteroatoms. The first kappa shape index (κ1) is 15.8. The van der Waals surface area contributed by atoms with Crippen LogP contribution in [0.1, 0.15) is 24.3 Å². The molecule has 0 spiro atoms. The smallest absolute Gasteiger partial charge is 0.148 e. The zero-order valence-corrected chi connectivity index (χ0v) is 13.9. The van der Waals surface area contributed by atoms with E-state index < -0.39 is 0 Å². The fourth-order valence-electron chi connectivity index (χ4n) is 1.75. The molecule has 2 unspecified atom stereocenters. The van der Waals surface area contributed by atoms with Gasteiger partial charge in [0.15, 0.2) is 0 Å². The average Bonchev–Trinajstić information content (AvgIpc) is 2.85. The molecule has 0 fully saturated rings. The Bertz CT molecular complexity index is 592. The normalized spacial score (nSPS) is 14.1. The van der Waals surface area contributed by atoms with Crippen LogP contribution in [0.5, 0.6) is 5.75 Å². The summed E-state index contributed by atoms with van der Waals surface area (Å²) in [4.78, 5) is 0.938. The predicted molar refractivity (Wildman–Crippen MR) is 85.1 cm³/mol. The predicted octanol–water partition coefficient (Wildman–Crippen LogP) is 5.16. The van der Waals surface area contributed by atoms with Gasteiger partial charge in [-0.25, -0.2) is 4.39 Å². The van der Waals surface area contributed by atoms with E-state index in [1.807, 2.05) is 19.1 Å². The molecule has 2 nitrogen and oxygen atoms in total. The summed E-state index contributed by atoms with van der Waals surface area (Å²) in [6, 6.07) is 8.18. The van der Waals surface area contributed by atoms with Crippen LogP contribution in [0.2, 0.25) is 4.34 Å². The van der Waals surface area contributed by atoms with E-state index in [4.69, 9.17) is 22.1 Å². The molecule has 2 atom stereocenters. The second-order valence-electron chi connectivity index (χ2n) is 4.33. The quantitative estimate of drug-likeness (QED) is 0.780. The number of rotatable bonds is 5. The molecular formula is C14H14BrClFNOS. The maximum Gasteiger partial charge on any atom is 0.148 e. The summed E-state index contributed by atoms with van der Waals surface area (Å²) in [5.41, 5.74) is 6.11. The lowest BCUT2D eigenvalue weighted by molar-refractivity contribution is 0.174. The van der Waals surface area contributed by atoms with Crippen LogP contribution in [0.4, 0.5) is 4.39 Å². The zero-order chi connectivity index (χ0) is 14.7. The molecule has 2 N–H and O–H groups in total. The van der Waals surface area contributed by atoms with E-state index in [1.165, 1.54) is 17.4 Å². The van der Waals surface area contributed by atoms with Crippen LogP contribution in [-0.2, 0) is 0 Å². The Morgan fingerprint density at radius 3 is 2.70 bits per heavy atom. The van der Waals surface area contributed by atoms with E-state index >= 15 is 0 Å². The Morgan fingerprint density at radius 2 is 2.15 bits per heavy atom. The van der Waals surface area contributed by atoms with Crippen molar-refractivity contribution in [1.82, 2.24) is 0 Å². The maximum absolute atomic E-state index is 13.5. The van der Waals surface area contributed by atoms with Gasteiger partial charge in [-0.15, -0.1) is 11.3 Å². The van der Waals surface area contributed by atoms with Crippen molar-refractivity contribution in [3.8, 4) is 5.75 Å². The second kappa shape index (κ2) is 6.89. The van der Waals surface area contributed by atoms with Gasteiger partial charge >= 0.3 is 0 Å². The third-order valence-corrected chi connectivity index (χ3v) is 4.82. The number of thiophene rings is 1. The van der Waals surface area contributed by atoms with Crippen molar-refractivity contribution in [2.45, 2.75) is 25.5 Å². The van der Waals surface area contributed by atoms with E-state index in [0.29, 0.717) is 14.6 Å². The Balaban J connectivity index is 2.25. The summed E-state index contributed by atoms with van der Waals surface area (Å²) >= 11 is 10.5. The van der Waals surface area contributed by atoms with Crippen LogP contribution in [0.25, 0.3) is 0 Å². The molecule has 0 saturated carbocycles. The van der Waals surface area contributed by atoms with Gasteiger partial charge in [0.05, 0.1) is 8.81 Å². The van der Waals surface area contributed by atoms with Crippen molar-refractivity contribution in [3.05, 3.63) is 49.8 Å². The monoisotopic (exact) mass is 377 g/mol. The standard InChI is InChI=1S/C14H14BrClFNOS/c1-2-11(18)14(12-5-6-13(16)20-12)19-8-3-4-9(15)10(17)7-8/h3-7,11,14H,2,18H2,1H3. The Hall–Kier alpha value is -0.620. The third-order valence-electron chi connectivity index (χ3n) is 2.89. The molecule has 20 heavy (non-hydrogen) atoms. The van der Waals surface area contributed by atoms with E-state index in [2.05, 4.69) is 15.9 Å². The largest absolute Gasteiger partial charge is 0.483 e. The summed E-state index contributed by atoms with van der Waals surface area (Å²) in [7, 11) is 0. The molecule has 0 aliphatic rings. The van der Waals surface area contributed by atoms with Gasteiger partial charge in [0.25, 0.3) is 0 Å². The Labute approximate surface area is 134 Å². The molecule has 108 valence electrons. The van der Waals surface area contributed by atoms with Crippen LogP contribution in [0.3, 0.4) is 0 Å². The minimum Gasteiger partial charge on any atom is -0.483 e. The van der Waals surface area contributed by atoms with Crippen molar-refractivity contribution in [1.29, 1.82) is 0 Å². The lowest BCUT2D eigenvalue weighted by Gasteiger charge is -2.23. The molecule has 1 aromatic carbocycles. The first-order valence-electron chi connectivity index (χ1n) is 6.13. The summed E-state index contributed by atoms with van der Waals surface area (Å²) < 4.78 is 20.5. The second-order valence-corrected chi connectivity index (χ2v) is 6.93. The molecule has 0 radical (unpaired) electrons. The van der Waals surface area contributed by atoms with Gasteiger partial charge in [0.1, 0.15) is 17.7 Å². The van der Waals surface area contributed by atoms with Crippen molar-refractivity contribution < 1.29 is 9.13 Å². The van der Waals surface area contributed by atoms with Crippen molar-refractivity contribution in [2.24, 2.45) is 5.73 Å². The van der Waals surface area contributed by atoms with Gasteiger partial charge < -0.3 is 10.5 Å². The van der Waals surface area contributed by atoms with E-state index in [-0.39, 0.29) is 18.0 Å². The first-order valence-corrected chi connectivity index (χ1v) is 8.12. The Kier molecular flexibility index (Phi) is 5.43. The molecule has 0 saturated heterocycles. The molecule has 0 aliphatic carbocycles. The summed E-state index contributed by atoms with van der Waals surface area (Å²) in [5, 5.41) is 0. The van der Waals surface area contributed by atoms with Gasteiger partial charge in [-0.05, 0) is 46.6 Å². The highest BCUT2D eigenvalue weighted by molar-refractivity contribution is 9.10. The SMILES string of the molecule is CCC(N)C(Oc1ccc(Br)c(F)c1)c1ccc(Cl)s1. The van der Waals surface area contributed by atoms with Gasteiger partial charge in [-0.3, -0.25) is 0 Å². The van der Waals surface area contributed by atoms with Gasteiger partial charge in [0, 0.05) is 17.0 Å². The average molecular weight is 379 g/mol. The topological polar surface area (TPSA) is 35.2 Å². The first-order chi connectivity index (χ1) is 9.51. The lowest BCUT2D eigenvalue weighted by Crippen LogP contribution is -2.30. The fourth-order valence-corrected chi connectivity index (χ4v) is 3.16. The molecule has 1 aromatic heterocycles. The molecule has 1 heterocycles. The molecule has 0 aliphatic heterocycles. The molecule has 0 bridgehead atoms. The summed E-state index contributed by atoms with van der Waals surface area (Å²) in [6.07, 6.45) is 0.414. The van der Waals surface area contributed by atoms with Crippen LogP contribution in [0, 0.1) is 5.82 Å².